The Bertz CT molecular complexity index is 624. The zero-order valence-electron chi connectivity index (χ0n) is 9.69. The van der Waals surface area contributed by atoms with Crippen LogP contribution >= 0.6 is 28.3 Å². The van der Waals surface area contributed by atoms with Crippen LogP contribution < -0.4 is 11.1 Å². The molecule has 1 aliphatic rings. The first-order valence-electron chi connectivity index (χ1n) is 5.29. The number of nitrogens with zero attached hydrogens (tertiary/aromatic N) is 1. The fourth-order valence-electron chi connectivity index (χ4n) is 2.06. The van der Waals surface area contributed by atoms with Gasteiger partial charge in [0, 0.05) is 16.1 Å². The van der Waals surface area contributed by atoms with Crippen LogP contribution in [0.3, 0.4) is 0 Å². The SMILES string of the molecule is Br.Cc1sc(N)nc1-c1ccc2c(c1)CC(=O)N2. The third kappa shape index (κ3) is 2.13. The van der Waals surface area contributed by atoms with E-state index in [1.165, 1.54) is 11.3 Å². The summed E-state index contributed by atoms with van der Waals surface area (Å²) in [6.45, 7) is 2.00. The first-order valence-corrected chi connectivity index (χ1v) is 6.11. The van der Waals surface area contributed by atoms with Gasteiger partial charge in [0.25, 0.3) is 0 Å². The number of nitrogen functional groups attached to an aromatic ring is 1. The molecule has 1 amide bonds. The van der Waals surface area contributed by atoms with E-state index in [2.05, 4.69) is 10.3 Å². The number of nitrogens with two attached hydrogens (primary N) is 1. The molecule has 0 aliphatic carbocycles. The maximum absolute atomic E-state index is 11.3. The number of hydrogen-bond acceptors (Lipinski definition) is 4. The number of fused-ring (bicyclic) bond motifs is 1. The van der Waals surface area contributed by atoms with Gasteiger partial charge >= 0.3 is 0 Å². The molecule has 1 aliphatic heterocycles. The second-order valence-electron chi connectivity index (χ2n) is 4.05. The van der Waals surface area contributed by atoms with E-state index in [1.54, 1.807) is 0 Å². The molecule has 0 radical (unpaired) electrons. The molecule has 4 nitrogen and oxygen atoms in total. The zero-order chi connectivity index (χ0) is 12.0. The maximum Gasteiger partial charge on any atom is 0.228 e. The number of aryl methyl sites for hydroxylation is 1. The minimum atomic E-state index is 0. The number of nitrogens with one attached hydrogen (secondary N) is 1. The fourth-order valence-corrected chi connectivity index (χ4v) is 2.77. The van der Waals surface area contributed by atoms with Gasteiger partial charge in [-0.3, -0.25) is 4.79 Å². The van der Waals surface area contributed by atoms with Crippen molar-refractivity contribution in [2.24, 2.45) is 0 Å². The van der Waals surface area contributed by atoms with E-state index >= 15 is 0 Å². The van der Waals surface area contributed by atoms with E-state index in [0.29, 0.717) is 11.6 Å². The molecule has 1 aromatic heterocycles. The van der Waals surface area contributed by atoms with Crippen molar-refractivity contribution in [3.8, 4) is 11.3 Å². The van der Waals surface area contributed by atoms with Gasteiger partial charge in [0.1, 0.15) is 0 Å². The summed E-state index contributed by atoms with van der Waals surface area (Å²) < 4.78 is 0. The van der Waals surface area contributed by atoms with E-state index in [0.717, 1.165) is 27.4 Å². The summed E-state index contributed by atoms with van der Waals surface area (Å²) in [6, 6.07) is 5.89. The predicted molar refractivity (Wildman–Crippen MR) is 79.4 cm³/mol. The van der Waals surface area contributed by atoms with Crippen molar-refractivity contribution in [3.63, 3.8) is 0 Å². The monoisotopic (exact) mass is 325 g/mol. The van der Waals surface area contributed by atoms with Crippen LogP contribution in [-0.4, -0.2) is 10.9 Å². The fraction of sp³-hybridized carbons (Fsp3) is 0.167. The van der Waals surface area contributed by atoms with Crippen LogP contribution in [0.15, 0.2) is 18.2 Å². The van der Waals surface area contributed by atoms with E-state index in [4.69, 9.17) is 5.73 Å². The molecule has 94 valence electrons. The van der Waals surface area contributed by atoms with Crippen LogP contribution in [0.25, 0.3) is 11.3 Å². The summed E-state index contributed by atoms with van der Waals surface area (Å²) in [6.07, 6.45) is 0.446. The maximum atomic E-state index is 11.3. The molecule has 3 rings (SSSR count). The van der Waals surface area contributed by atoms with Crippen molar-refractivity contribution in [3.05, 3.63) is 28.6 Å². The van der Waals surface area contributed by atoms with Crippen molar-refractivity contribution < 1.29 is 4.79 Å². The Morgan fingerprint density at radius 1 is 1.44 bits per heavy atom. The third-order valence-electron chi connectivity index (χ3n) is 2.82. The average Bonchev–Trinajstić information content (AvgIpc) is 2.78. The van der Waals surface area contributed by atoms with Crippen LogP contribution in [-0.2, 0) is 11.2 Å². The molecule has 0 bridgehead atoms. The van der Waals surface area contributed by atoms with Gasteiger partial charge in [0.2, 0.25) is 5.91 Å². The number of aromatic nitrogens is 1. The Labute approximate surface area is 119 Å². The lowest BCUT2D eigenvalue weighted by atomic mass is 10.1. The summed E-state index contributed by atoms with van der Waals surface area (Å²) in [7, 11) is 0. The van der Waals surface area contributed by atoms with Gasteiger partial charge in [0.05, 0.1) is 12.1 Å². The van der Waals surface area contributed by atoms with Crippen molar-refractivity contribution in [2.45, 2.75) is 13.3 Å². The number of carbonyl (C=O) groups is 1. The molecule has 1 aromatic carbocycles. The third-order valence-corrected chi connectivity index (χ3v) is 3.62. The summed E-state index contributed by atoms with van der Waals surface area (Å²) in [5, 5.41) is 3.39. The predicted octanol–water partition coefficient (Wildman–Crippen LogP) is 2.77. The normalized spacial score (nSPS) is 12.8. The number of thiazole rings is 1. The number of hydrogen-bond donors (Lipinski definition) is 2. The molecule has 0 saturated carbocycles. The molecular formula is C12H12BrN3OS. The highest BCUT2D eigenvalue weighted by molar-refractivity contribution is 8.93. The van der Waals surface area contributed by atoms with Crippen LogP contribution in [0.1, 0.15) is 10.4 Å². The lowest BCUT2D eigenvalue weighted by molar-refractivity contribution is -0.115. The summed E-state index contributed by atoms with van der Waals surface area (Å²) in [5.41, 5.74) is 9.55. The smallest absolute Gasteiger partial charge is 0.228 e. The number of anilines is 2. The number of carbonyl (C=O) groups excluding carboxylic acids is 1. The Morgan fingerprint density at radius 2 is 2.22 bits per heavy atom. The number of benzene rings is 1. The van der Waals surface area contributed by atoms with Gasteiger partial charge in [-0.2, -0.15) is 0 Å². The van der Waals surface area contributed by atoms with Crippen molar-refractivity contribution in [2.75, 3.05) is 11.1 Å². The highest BCUT2D eigenvalue weighted by Crippen LogP contribution is 2.32. The van der Waals surface area contributed by atoms with Gasteiger partial charge in [-0.15, -0.1) is 28.3 Å². The average molecular weight is 326 g/mol. The van der Waals surface area contributed by atoms with Crippen LogP contribution in [0, 0.1) is 6.92 Å². The Kier molecular flexibility index (Phi) is 3.41. The minimum absolute atomic E-state index is 0. The molecule has 0 unspecified atom stereocenters. The van der Waals surface area contributed by atoms with Gasteiger partial charge in [-0.25, -0.2) is 4.98 Å². The lowest BCUT2D eigenvalue weighted by Crippen LogP contribution is -2.03. The quantitative estimate of drug-likeness (QED) is 0.847. The summed E-state index contributed by atoms with van der Waals surface area (Å²) in [5.74, 6) is 0.0478. The summed E-state index contributed by atoms with van der Waals surface area (Å²) >= 11 is 1.48. The second kappa shape index (κ2) is 4.70. The molecule has 0 saturated heterocycles. The van der Waals surface area contributed by atoms with Crippen molar-refractivity contribution in [1.82, 2.24) is 4.98 Å². The molecule has 2 aromatic rings. The van der Waals surface area contributed by atoms with E-state index in [9.17, 15) is 4.79 Å². The lowest BCUT2D eigenvalue weighted by Gasteiger charge is -2.02. The summed E-state index contributed by atoms with van der Waals surface area (Å²) in [4.78, 5) is 16.7. The Hall–Kier alpha value is -1.40. The van der Waals surface area contributed by atoms with Crippen LogP contribution in [0.4, 0.5) is 10.8 Å². The molecule has 0 fully saturated rings. The van der Waals surface area contributed by atoms with E-state index < -0.39 is 0 Å². The van der Waals surface area contributed by atoms with Crippen molar-refractivity contribution >= 4 is 45.0 Å². The number of halogens is 1. The molecule has 6 heteroatoms. The first-order chi connectivity index (χ1) is 8.13. The Morgan fingerprint density at radius 3 is 2.89 bits per heavy atom. The van der Waals surface area contributed by atoms with E-state index in [1.807, 2.05) is 25.1 Å². The zero-order valence-corrected chi connectivity index (χ0v) is 12.2. The molecular weight excluding hydrogens is 314 g/mol. The van der Waals surface area contributed by atoms with Gasteiger partial charge in [-0.05, 0) is 24.6 Å². The van der Waals surface area contributed by atoms with E-state index in [-0.39, 0.29) is 22.9 Å². The number of rotatable bonds is 1. The standard InChI is InChI=1S/C12H11N3OS.BrH/c1-6-11(15-12(13)17-6)7-2-3-9-8(4-7)5-10(16)14-9;/h2-4H,5H2,1H3,(H2,13,15)(H,14,16);1H. The molecule has 0 spiro atoms. The minimum Gasteiger partial charge on any atom is -0.375 e. The highest BCUT2D eigenvalue weighted by atomic mass is 79.9. The van der Waals surface area contributed by atoms with Crippen LogP contribution in [0.5, 0.6) is 0 Å². The van der Waals surface area contributed by atoms with Crippen LogP contribution in [0.2, 0.25) is 0 Å². The molecule has 18 heavy (non-hydrogen) atoms. The van der Waals surface area contributed by atoms with Gasteiger partial charge in [-0.1, -0.05) is 6.07 Å². The number of amides is 1. The largest absolute Gasteiger partial charge is 0.375 e. The van der Waals surface area contributed by atoms with Gasteiger partial charge < -0.3 is 11.1 Å². The molecule has 2 heterocycles. The molecule has 0 atom stereocenters. The van der Waals surface area contributed by atoms with Crippen molar-refractivity contribution in [1.29, 1.82) is 0 Å². The topological polar surface area (TPSA) is 68.0 Å². The second-order valence-corrected chi connectivity index (χ2v) is 5.29. The Balaban J connectivity index is 0.00000120. The molecule has 3 N–H and O–H groups in total. The van der Waals surface area contributed by atoms with Gasteiger partial charge in [0.15, 0.2) is 5.13 Å². The first kappa shape index (κ1) is 13.0. The highest BCUT2D eigenvalue weighted by Gasteiger charge is 2.18.